The number of hydrogen-bond donors (Lipinski definition) is 2. The van der Waals surface area contributed by atoms with Gasteiger partial charge in [0.2, 0.25) is 0 Å². The van der Waals surface area contributed by atoms with Crippen LogP contribution in [-0.2, 0) is 6.54 Å². The van der Waals surface area contributed by atoms with Gasteiger partial charge in [0, 0.05) is 18.8 Å². The second-order valence-corrected chi connectivity index (χ2v) is 4.78. The fourth-order valence-corrected chi connectivity index (χ4v) is 1.97. The molecular weight excluding hydrogens is 256 g/mol. The summed E-state index contributed by atoms with van der Waals surface area (Å²) in [6, 6.07) is 10.4. The second kappa shape index (κ2) is 6.33. The van der Waals surface area contributed by atoms with Gasteiger partial charge in [-0.2, -0.15) is 5.10 Å². The Morgan fingerprint density at radius 3 is 2.68 bits per heavy atom. The van der Waals surface area contributed by atoms with E-state index in [9.17, 15) is 0 Å². The van der Waals surface area contributed by atoms with E-state index in [2.05, 4.69) is 46.9 Å². The SMILES string of the molecule is CCNC(=S)Nc1ccn(Cc2ccc(C)cc2)n1. The predicted octanol–water partition coefficient (Wildman–Crippen LogP) is 2.55. The van der Waals surface area contributed by atoms with Crippen molar-refractivity contribution in [3.63, 3.8) is 0 Å². The van der Waals surface area contributed by atoms with E-state index in [1.54, 1.807) is 0 Å². The predicted molar refractivity (Wildman–Crippen MR) is 82.4 cm³/mol. The summed E-state index contributed by atoms with van der Waals surface area (Å²) in [5, 5.41) is 11.1. The summed E-state index contributed by atoms with van der Waals surface area (Å²) in [5.74, 6) is 0.762. The number of aromatic nitrogens is 2. The molecule has 0 saturated heterocycles. The third-order valence-electron chi connectivity index (χ3n) is 2.68. The first-order valence-corrected chi connectivity index (χ1v) is 6.72. The second-order valence-electron chi connectivity index (χ2n) is 4.37. The molecule has 0 saturated carbocycles. The molecule has 0 unspecified atom stereocenters. The Kier molecular flexibility index (Phi) is 4.52. The highest BCUT2D eigenvalue weighted by Crippen LogP contribution is 2.07. The van der Waals surface area contributed by atoms with Crippen molar-refractivity contribution in [1.29, 1.82) is 0 Å². The number of hydrogen-bond acceptors (Lipinski definition) is 2. The fraction of sp³-hybridized carbons (Fsp3) is 0.286. The van der Waals surface area contributed by atoms with Gasteiger partial charge in [0.25, 0.3) is 0 Å². The van der Waals surface area contributed by atoms with Crippen LogP contribution in [-0.4, -0.2) is 21.4 Å². The highest BCUT2D eigenvalue weighted by Gasteiger charge is 2.01. The lowest BCUT2D eigenvalue weighted by molar-refractivity contribution is 0.689. The molecule has 19 heavy (non-hydrogen) atoms. The van der Waals surface area contributed by atoms with Gasteiger partial charge in [-0.25, -0.2) is 0 Å². The molecule has 0 aliphatic heterocycles. The maximum Gasteiger partial charge on any atom is 0.171 e. The minimum absolute atomic E-state index is 0.600. The molecule has 1 aromatic carbocycles. The van der Waals surface area contributed by atoms with Crippen molar-refractivity contribution in [3.05, 3.63) is 47.7 Å². The van der Waals surface area contributed by atoms with Gasteiger partial charge in [-0.3, -0.25) is 4.68 Å². The first kappa shape index (κ1) is 13.5. The van der Waals surface area contributed by atoms with Crippen LogP contribution in [0.1, 0.15) is 18.1 Å². The number of aryl methyl sites for hydroxylation is 1. The lowest BCUT2D eigenvalue weighted by Crippen LogP contribution is -2.28. The first-order chi connectivity index (χ1) is 9.17. The lowest BCUT2D eigenvalue weighted by atomic mass is 10.1. The summed E-state index contributed by atoms with van der Waals surface area (Å²) < 4.78 is 1.89. The van der Waals surface area contributed by atoms with Crippen molar-refractivity contribution >= 4 is 23.1 Å². The van der Waals surface area contributed by atoms with Crippen molar-refractivity contribution in [2.45, 2.75) is 20.4 Å². The van der Waals surface area contributed by atoms with Gasteiger partial charge in [0.05, 0.1) is 6.54 Å². The molecule has 100 valence electrons. The molecule has 0 aliphatic rings. The largest absolute Gasteiger partial charge is 0.363 e. The van der Waals surface area contributed by atoms with Crippen molar-refractivity contribution in [1.82, 2.24) is 15.1 Å². The Morgan fingerprint density at radius 2 is 2.00 bits per heavy atom. The number of nitrogens with zero attached hydrogens (tertiary/aromatic N) is 2. The van der Waals surface area contributed by atoms with Gasteiger partial charge in [0.1, 0.15) is 0 Å². The highest BCUT2D eigenvalue weighted by molar-refractivity contribution is 7.80. The van der Waals surface area contributed by atoms with Crippen LogP contribution in [0.5, 0.6) is 0 Å². The molecule has 0 bridgehead atoms. The molecule has 0 amide bonds. The molecule has 2 N–H and O–H groups in total. The molecule has 0 atom stereocenters. The summed E-state index contributed by atoms with van der Waals surface area (Å²) in [5.41, 5.74) is 2.50. The standard InChI is InChI=1S/C14H18N4S/c1-3-15-14(19)16-13-8-9-18(17-13)10-12-6-4-11(2)5-7-12/h4-9H,3,10H2,1-2H3,(H2,15,16,17,19). The molecule has 5 heteroatoms. The summed E-state index contributed by atoms with van der Waals surface area (Å²) >= 11 is 5.12. The highest BCUT2D eigenvalue weighted by atomic mass is 32.1. The van der Waals surface area contributed by atoms with E-state index >= 15 is 0 Å². The van der Waals surface area contributed by atoms with Gasteiger partial charge >= 0.3 is 0 Å². The van der Waals surface area contributed by atoms with Crippen LogP contribution in [0.15, 0.2) is 36.5 Å². The van der Waals surface area contributed by atoms with E-state index < -0.39 is 0 Å². The summed E-state index contributed by atoms with van der Waals surface area (Å²) in [6.07, 6.45) is 1.94. The zero-order valence-electron chi connectivity index (χ0n) is 11.2. The van der Waals surface area contributed by atoms with Crippen molar-refractivity contribution in [2.75, 3.05) is 11.9 Å². The third kappa shape index (κ3) is 4.06. The number of rotatable bonds is 4. The molecule has 0 fully saturated rings. The van der Waals surface area contributed by atoms with Crippen molar-refractivity contribution < 1.29 is 0 Å². The van der Waals surface area contributed by atoms with Crippen LogP contribution < -0.4 is 10.6 Å². The quantitative estimate of drug-likeness (QED) is 0.841. The van der Waals surface area contributed by atoms with Crippen LogP contribution in [0.3, 0.4) is 0 Å². The topological polar surface area (TPSA) is 41.9 Å². The van der Waals surface area contributed by atoms with E-state index in [0.717, 1.165) is 18.9 Å². The Bertz CT molecular complexity index is 545. The molecule has 2 rings (SSSR count). The van der Waals surface area contributed by atoms with E-state index in [4.69, 9.17) is 12.2 Å². The molecule has 4 nitrogen and oxygen atoms in total. The van der Waals surface area contributed by atoms with Gasteiger partial charge in [-0.05, 0) is 31.6 Å². The van der Waals surface area contributed by atoms with Crippen LogP contribution in [0, 0.1) is 6.92 Å². The zero-order chi connectivity index (χ0) is 13.7. The molecule has 0 spiro atoms. The van der Waals surface area contributed by atoms with Crippen LogP contribution in [0.4, 0.5) is 5.82 Å². The van der Waals surface area contributed by atoms with Gasteiger partial charge in [-0.15, -0.1) is 0 Å². The normalized spacial score (nSPS) is 10.2. The van der Waals surface area contributed by atoms with Crippen LogP contribution in [0.25, 0.3) is 0 Å². The average Bonchev–Trinajstić information content (AvgIpc) is 2.80. The van der Waals surface area contributed by atoms with E-state index in [1.165, 1.54) is 11.1 Å². The summed E-state index contributed by atoms with van der Waals surface area (Å²) in [6.45, 7) is 5.65. The third-order valence-corrected chi connectivity index (χ3v) is 2.93. The number of anilines is 1. The number of nitrogens with one attached hydrogen (secondary N) is 2. The molecular formula is C14H18N4S. The van der Waals surface area contributed by atoms with Crippen LogP contribution in [0.2, 0.25) is 0 Å². The zero-order valence-corrected chi connectivity index (χ0v) is 12.0. The maximum atomic E-state index is 5.12. The lowest BCUT2D eigenvalue weighted by Gasteiger charge is -2.05. The van der Waals surface area contributed by atoms with Crippen molar-refractivity contribution in [3.8, 4) is 0 Å². The monoisotopic (exact) mass is 274 g/mol. The van der Waals surface area contributed by atoms with E-state index in [-0.39, 0.29) is 0 Å². The maximum absolute atomic E-state index is 5.12. The Morgan fingerprint density at radius 1 is 1.26 bits per heavy atom. The summed E-state index contributed by atoms with van der Waals surface area (Å²) in [7, 11) is 0. The van der Waals surface area contributed by atoms with Gasteiger partial charge in [0.15, 0.2) is 10.9 Å². The van der Waals surface area contributed by atoms with E-state index in [1.807, 2.05) is 23.9 Å². The molecule has 1 heterocycles. The fourth-order valence-electron chi connectivity index (χ4n) is 1.72. The minimum atomic E-state index is 0.600. The molecule has 0 aliphatic carbocycles. The van der Waals surface area contributed by atoms with E-state index in [0.29, 0.717) is 5.11 Å². The number of benzene rings is 1. The van der Waals surface area contributed by atoms with Gasteiger partial charge < -0.3 is 10.6 Å². The smallest absolute Gasteiger partial charge is 0.171 e. The molecule has 0 radical (unpaired) electrons. The molecule has 1 aromatic heterocycles. The molecule has 2 aromatic rings. The Balaban J connectivity index is 1.97. The Hall–Kier alpha value is -1.88. The minimum Gasteiger partial charge on any atom is -0.363 e. The first-order valence-electron chi connectivity index (χ1n) is 6.31. The number of thiocarbonyl (C=S) groups is 1. The average molecular weight is 274 g/mol. The summed E-state index contributed by atoms with van der Waals surface area (Å²) in [4.78, 5) is 0. The van der Waals surface area contributed by atoms with Crippen LogP contribution >= 0.6 is 12.2 Å². The van der Waals surface area contributed by atoms with Gasteiger partial charge in [-0.1, -0.05) is 29.8 Å². The Labute approximate surface area is 118 Å². The van der Waals surface area contributed by atoms with Crippen molar-refractivity contribution in [2.24, 2.45) is 0 Å².